The van der Waals surface area contributed by atoms with Crippen molar-refractivity contribution in [3.8, 4) is 5.75 Å². The van der Waals surface area contributed by atoms with E-state index in [-0.39, 0.29) is 24.1 Å². The average Bonchev–Trinajstić information content (AvgIpc) is 2.52. The van der Waals surface area contributed by atoms with Gasteiger partial charge in [0.2, 0.25) is 5.91 Å². The van der Waals surface area contributed by atoms with Crippen LogP contribution < -0.4 is 4.74 Å². The summed E-state index contributed by atoms with van der Waals surface area (Å²) in [4.78, 5) is 25.2. The van der Waals surface area contributed by atoms with E-state index in [1.54, 1.807) is 11.8 Å². The molecule has 2 atom stereocenters. The number of nitrogens with zero attached hydrogens (tertiary/aromatic N) is 1. The molecular weight excluding hydrogens is 339 g/mol. The normalized spacial score (nSPS) is 21.0. The molecule has 138 valence electrons. The molecule has 1 aliphatic heterocycles. The maximum atomic E-state index is 12.4. The number of aliphatic carboxylic acids is 1. The minimum absolute atomic E-state index is 0.144. The predicted molar refractivity (Wildman–Crippen MR) is 83.0 cm³/mol. The third-order valence-electron chi connectivity index (χ3n) is 4.41. The van der Waals surface area contributed by atoms with Crippen LogP contribution in [0.25, 0.3) is 0 Å². The van der Waals surface area contributed by atoms with Crippen LogP contribution in [0.4, 0.5) is 13.2 Å². The third-order valence-corrected chi connectivity index (χ3v) is 4.41. The molecule has 1 aromatic carbocycles. The van der Waals surface area contributed by atoms with E-state index in [9.17, 15) is 27.9 Å². The van der Waals surface area contributed by atoms with Gasteiger partial charge in [-0.05, 0) is 43.9 Å². The van der Waals surface area contributed by atoms with Crippen molar-refractivity contribution in [2.75, 3.05) is 6.54 Å². The number of rotatable bonds is 5. The molecule has 1 N–H and O–H groups in total. The molecule has 0 aromatic heterocycles. The topological polar surface area (TPSA) is 66.8 Å². The highest BCUT2D eigenvalue weighted by Crippen LogP contribution is 2.25. The smallest absolute Gasteiger partial charge is 0.481 e. The van der Waals surface area contributed by atoms with Crippen molar-refractivity contribution < 1.29 is 32.6 Å². The van der Waals surface area contributed by atoms with Gasteiger partial charge in [0, 0.05) is 19.0 Å². The van der Waals surface area contributed by atoms with Gasteiger partial charge in [-0.3, -0.25) is 9.59 Å². The molecule has 1 aliphatic rings. The number of halogens is 3. The molecule has 2 rings (SSSR count). The summed E-state index contributed by atoms with van der Waals surface area (Å²) in [5, 5.41) is 9.19. The molecule has 1 amide bonds. The fourth-order valence-electron chi connectivity index (χ4n) is 3.08. The van der Waals surface area contributed by atoms with Crippen molar-refractivity contribution in [2.45, 2.75) is 45.0 Å². The SMILES string of the molecule is C[C@@H]1[C@H](C(=O)O)CCCN1C(=O)CCc1ccc(OC(F)(F)F)cc1. The van der Waals surface area contributed by atoms with E-state index in [0.717, 1.165) is 0 Å². The van der Waals surface area contributed by atoms with E-state index < -0.39 is 18.2 Å². The van der Waals surface area contributed by atoms with Crippen molar-refractivity contribution in [1.82, 2.24) is 4.90 Å². The van der Waals surface area contributed by atoms with Gasteiger partial charge in [0.05, 0.1) is 5.92 Å². The summed E-state index contributed by atoms with van der Waals surface area (Å²) < 4.78 is 40.1. The predicted octanol–water partition coefficient (Wildman–Crippen LogP) is 3.23. The van der Waals surface area contributed by atoms with Crippen molar-refractivity contribution >= 4 is 11.9 Å². The second kappa shape index (κ2) is 7.76. The van der Waals surface area contributed by atoms with Crippen LogP contribution in [0.1, 0.15) is 31.7 Å². The number of aryl methyl sites for hydroxylation is 1. The lowest BCUT2D eigenvalue weighted by Gasteiger charge is -2.37. The van der Waals surface area contributed by atoms with Gasteiger partial charge in [-0.1, -0.05) is 12.1 Å². The number of piperidine rings is 1. The number of benzene rings is 1. The van der Waals surface area contributed by atoms with Gasteiger partial charge in [0.15, 0.2) is 0 Å². The summed E-state index contributed by atoms with van der Waals surface area (Å²) in [6.07, 6.45) is -2.98. The number of carboxylic acid groups (broad SMARTS) is 1. The Labute approximate surface area is 143 Å². The van der Waals surface area contributed by atoms with Crippen molar-refractivity contribution in [2.24, 2.45) is 5.92 Å². The van der Waals surface area contributed by atoms with Gasteiger partial charge in [0.1, 0.15) is 5.75 Å². The highest BCUT2D eigenvalue weighted by atomic mass is 19.4. The Kier molecular flexibility index (Phi) is 5.92. The van der Waals surface area contributed by atoms with Crippen LogP contribution in [-0.4, -0.2) is 40.8 Å². The second-order valence-corrected chi connectivity index (χ2v) is 6.11. The summed E-state index contributed by atoms with van der Waals surface area (Å²) in [6.45, 7) is 2.27. The Morgan fingerprint density at radius 3 is 2.48 bits per heavy atom. The Bertz CT molecular complexity index is 615. The summed E-state index contributed by atoms with van der Waals surface area (Å²) in [6, 6.07) is 5.01. The molecule has 5 nitrogen and oxygen atoms in total. The van der Waals surface area contributed by atoms with Crippen LogP contribution in [0.2, 0.25) is 0 Å². The summed E-state index contributed by atoms with van der Waals surface area (Å²) >= 11 is 0. The number of carbonyl (C=O) groups is 2. The van der Waals surface area contributed by atoms with Crippen molar-refractivity contribution in [1.29, 1.82) is 0 Å². The number of amides is 1. The number of hydrogen-bond acceptors (Lipinski definition) is 3. The van der Waals surface area contributed by atoms with Crippen LogP contribution in [0, 0.1) is 5.92 Å². The summed E-state index contributed by atoms with van der Waals surface area (Å²) in [7, 11) is 0. The molecule has 0 aliphatic carbocycles. The standard InChI is InChI=1S/C17H20F3NO4/c1-11-14(16(23)24)3-2-10-21(11)15(22)9-6-12-4-7-13(8-5-12)25-17(18,19)20/h4-5,7-8,11,14H,2-3,6,9-10H2,1H3,(H,23,24)/t11-,14-/m1/s1. The zero-order valence-electron chi connectivity index (χ0n) is 13.8. The van der Waals surface area contributed by atoms with Gasteiger partial charge >= 0.3 is 12.3 Å². The minimum atomic E-state index is -4.73. The maximum Gasteiger partial charge on any atom is 0.573 e. The summed E-state index contributed by atoms with van der Waals surface area (Å²) in [5.41, 5.74) is 0.710. The van der Waals surface area contributed by atoms with Crippen LogP contribution in [0.3, 0.4) is 0 Å². The average molecular weight is 359 g/mol. The van der Waals surface area contributed by atoms with Gasteiger partial charge < -0.3 is 14.7 Å². The van der Waals surface area contributed by atoms with E-state index in [1.807, 2.05) is 0 Å². The lowest BCUT2D eigenvalue weighted by atomic mass is 9.90. The molecule has 1 heterocycles. The second-order valence-electron chi connectivity index (χ2n) is 6.11. The highest BCUT2D eigenvalue weighted by Gasteiger charge is 2.35. The van der Waals surface area contributed by atoms with E-state index in [1.165, 1.54) is 24.3 Å². The molecule has 1 fully saturated rings. The van der Waals surface area contributed by atoms with Crippen LogP contribution in [-0.2, 0) is 16.0 Å². The van der Waals surface area contributed by atoms with Crippen molar-refractivity contribution in [3.63, 3.8) is 0 Å². The fraction of sp³-hybridized carbons (Fsp3) is 0.529. The Balaban J connectivity index is 1.90. The van der Waals surface area contributed by atoms with Crippen LogP contribution >= 0.6 is 0 Å². The number of carbonyl (C=O) groups excluding carboxylic acids is 1. The number of likely N-dealkylation sites (tertiary alicyclic amines) is 1. The molecular formula is C17H20F3NO4. The number of ether oxygens (including phenoxy) is 1. The van der Waals surface area contributed by atoms with Gasteiger partial charge in [0.25, 0.3) is 0 Å². The van der Waals surface area contributed by atoms with Gasteiger partial charge in [-0.25, -0.2) is 0 Å². The Hall–Kier alpha value is -2.25. The number of hydrogen-bond donors (Lipinski definition) is 1. The maximum absolute atomic E-state index is 12.4. The van der Waals surface area contributed by atoms with Crippen LogP contribution in [0.5, 0.6) is 5.75 Å². The molecule has 0 spiro atoms. The van der Waals surface area contributed by atoms with Gasteiger partial charge in [-0.2, -0.15) is 0 Å². The van der Waals surface area contributed by atoms with Crippen LogP contribution in [0.15, 0.2) is 24.3 Å². The first-order valence-corrected chi connectivity index (χ1v) is 8.04. The molecule has 0 radical (unpaired) electrons. The van der Waals surface area contributed by atoms with E-state index in [2.05, 4.69) is 4.74 Å². The lowest BCUT2D eigenvalue weighted by molar-refractivity contribution is -0.274. The largest absolute Gasteiger partial charge is 0.573 e. The highest BCUT2D eigenvalue weighted by molar-refractivity contribution is 5.79. The first-order valence-electron chi connectivity index (χ1n) is 8.04. The molecule has 0 saturated carbocycles. The Morgan fingerprint density at radius 2 is 1.92 bits per heavy atom. The third kappa shape index (κ3) is 5.37. The molecule has 25 heavy (non-hydrogen) atoms. The fourth-order valence-corrected chi connectivity index (χ4v) is 3.08. The quantitative estimate of drug-likeness (QED) is 0.877. The van der Waals surface area contributed by atoms with E-state index >= 15 is 0 Å². The van der Waals surface area contributed by atoms with E-state index in [0.29, 0.717) is 31.4 Å². The zero-order valence-corrected chi connectivity index (χ0v) is 13.8. The van der Waals surface area contributed by atoms with Crippen molar-refractivity contribution in [3.05, 3.63) is 29.8 Å². The molecule has 1 aromatic rings. The summed E-state index contributed by atoms with van der Waals surface area (Å²) in [5.74, 6) is -1.91. The number of carboxylic acids is 1. The molecule has 0 bridgehead atoms. The molecule has 0 unspecified atom stereocenters. The zero-order chi connectivity index (χ0) is 18.6. The minimum Gasteiger partial charge on any atom is -0.481 e. The number of alkyl halides is 3. The monoisotopic (exact) mass is 359 g/mol. The Morgan fingerprint density at radius 1 is 1.28 bits per heavy atom. The molecule has 1 saturated heterocycles. The lowest BCUT2D eigenvalue weighted by Crippen LogP contribution is -2.49. The first-order chi connectivity index (χ1) is 11.7. The van der Waals surface area contributed by atoms with Gasteiger partial charge in [-0.15, -0.1) is 13.2 Å². The molecule has 8 heteroatoms. The first kappa shape index (κ1) is 19.1. The van der Waals surface area contributed by atoms with E-state index in [4.69, 9.17) is 0 Å².